The number of nitrogens with two attached hydrogens (primary N) is 1. The number of ether oxygens (including phenoxy) is 1. The molecule has 0 saturated heterocycles. The Bertz CT molecular complexity index is 957. The summed E-state index contributed by atoms with van der Waals surface area (Å²) >= 11 is 0. The average molecular weight is 442 g/mol. The number of carbonyl (C=O) groups is 2. The van der Waals surface area contributed by atoms with Gasteiger partial charge in [-0.3, -0.25) is 14.9 Å². The second-order valence-corrected chi connectivity index (χ2v) is 7.92. The number of nitrogens with one attached hydrogen (secondary N) is 1. The summed E-state index contributed by atoms with van der Waals surface area (Å²) in [7, 11) is 0. The third-order valence-electron chi connectivity index (χ3n) is 5.66. The molecule has 2 aromatic rings. The van der Waals surface area contributed by atoms with E-state index in [2.05, 4.69) is 10.3 Å². The molecule has 1 aliphatic carbocycles. The predicted octanol–water partition coefficient (Wildman–Crippen LogP) is 2.66. The first-order chi connectivity index (χ1) is 15.4. The fraction of sp³-hybridized carbons (Fsp3) is 0.409. The molecule has 1 unspecified atom stereocenters. The van der Waals surface area contributed by atoms with Gasteiger partial charge in [-0.25, -0.2) is 9.78 Å². The van der Waals surface area contributed by atoms with Gasteiger partial charge >= 0.3 is 5.97 Å². The Morgan fingerprint density at radius 1 is 1.25 bits per heavy atom. The van der Waals surface area contributed by atoms with Gasteiger partial charge in [-0.15, -0.1) is 0 Å². The lowest BCUT2D eigenvalue weighted by molar-refractivity contribution is -0.385. The van der Waals surface area contributed by atoms with E-state index < -0.39 is 16.9 Å². The molecule has 1 aromatic heterocycles. The van der Waals surface area contributed by atoms with Crippen LogP contribution in [0.4, 0.5) is 5.69 Å². The van der Waals surface area contributed by atoms with Crippen LogP contribution >= 0.6 is 0 Å². The molecule has 32 heavy (non-hydrogen) atoms. The summed E-state index contributed by atoms with van der Waals surface area (Å²) in [5.41, 5.74) is 6.20. The summed E-state index contributed by atoms with van der Waals surface area (Å²) in [5, 5.41) is 23.0. The molecule has 0 radical (unpaired) electrons. The van der Waals surface area contributed by atoms with Crippen LogP contribution in [0.3, 0.4) is 0 Å². The number of pyridine rings is 1. The zero-order valence-corrected chi connectivity index (χ0v) is 17.5. The maximum absolute atomic E-state index is 12.6. The summed E-state index contributed by atoms with van der Waals surface area (Å²) in [4.78, 5) is 38.4. The van der Waals surface area contributed by atoms with Crippen molar-refractivity contribution in [2.75, 3.05) is 6.54 Å². The molecule has 3 rings (SSSR count). The number of rotatable bonds is 9. The van der Waals surface area contributed by atoms with Gasteiger partial charge in [0.05, 0.1) is 4.92 Å². The summed E-state index contributed by atoms with van der Waals surface area (Å²) in [6, 6.07) is 8.35. The van der Waals surface area contributed by atoms with Crippen LogP contribution in [0.25, 0.3) is 0 Å². The average Bonchev–Trinajstić information content (AvgIpc) is 2.79. The van der Waals surface area contributed by atoms with E-state index in [0.717, 1.165) is 19.0 Å². The second kappa shape index (κ2) is 10.7. The van der Waals surface area contributed by atoms with Gasteiger partial charge in [0.15, 0.2) is 0 Å². The van der Waals surface area contributed by atoms with Gasteiger partial charge in [0.25, 0.3) is 5.69 Å². The maximum Gasteiger partial charge on any atom is 0.326 e. The molecule has 1 amide bonds. The molecule has 0 spiro atoms. The fourth-order valence-electron chi connectivity index (χ4n) is 3.78. The zero-order chi connectivity index (χ0) is 23.1. The van der Waals surface area contributed by atoms with Crippen molar-refractivity contribution in [2.45, 2.75) is 38.1 Å². The van der Waals surface area contributed by atoms with Gasteiger partial charge in [0.2, 0.25) is 11.8 Å². The number of nitrogens with zero attached hydrogens (tertiary/aromatic N) is 2. The van der Waals surface area contributed by atoms with Crippen molar-refractivity contribution in [3.8, 4) is 11.6 Å². The lowest BCUT2D eigenvalue weighted by Gasteiger charge is -2.27. The first kappa shape index (κ1) is 23.1. The third-order valence-corrected chi connectivity index (χ3v) is 5.66. The molecule has 1 aromatic carbocycles. The van der Waals surface area contributed by atoms with E-state index in [1.807, 2.05) is 0 Å². The summed E-state index contributed by atoms with van der Waals surface area (Å²) < 4.78 is 5.61. The van der Waals surface area contributed by atoms with E-state index >= 15 is 0 Å². The lowest BCUT2D eigenvalue weighted by atomic mass is 9.81. The highest BCUT2D eigenvalue weighted by Crippen LogP contribution is 2.28. The molecule has 0 bridgehead atoms. The fourth-order valence-corrected chi connectivity index (χ4v) is 3.78. The molecule has 10 heteroatoms. The number of carboxylic acids is 1. The second-order valence-electron chi connectivity index (χ2n) is 7.92. The molecular weight excluding hydrogens is 416 g/mol. The molecule has 10 nitrogen and oxygen atoms in total. The predicted molar refractivity (Wildman–Crippen MR) is 115 cm³/mol. The number of amides is 1. The Morgan fingerprint density at radius 2 is 2.00 bits per heavy atom. The van der Waals surface area contributed by atoms with Crippen molar-refractivity contribution in [1.82, 2.24) is 10.3 Å². The van der Waals surface area contributed by atoms with Crippen LogP contribution in [-0.2, 0) is 16.0 Å². The Kier molecular flexibility index (Phi) is 7.72. The van der Waals surface area contributed by atoms with Crippen molar-refractivity contribution in [3.05, 3.63) is 58.3 Å². The largest absolute Gasteiger partial charge is 0.480 e. The van der Waals surface area contributed by atoms with E-state index in [0.29, 0.717) is 36.6 Å². The highest BCUT2D eigenvalue weighted by Gasteiger charge is 2.29. The Hall–Kier alpha value is -3.53. The number of nitro groups is 1. The standard InChI is InChI=1S/C22H26N4O6/c23-12-14-4-6-16(7-5-14)21(27)25-19(22(28)29)11-15-2-1-3-18(10-15)32-20-9-8-17(13-24-20)26(30)31/h1-3,8-10,13-14,16,19H,4-7,11-12,23H2,(H,25,27)(H,28,29). The first-order valence-corrected chi connectivity index (χ1v) is 10.5. The van der Waals surface area contributed by atoms with Crippen molar-refractivity contribution in [2.24, 2.45) is 17.6 Å². The molecule has 1 saturated carbocycles. The van der Waals surface area contributed by atoms with Crippen molar-refractivity contribution < 1.29 is 24.4 Å². The van der Waals surface area contributed by atoms with Gasteiger partial charge in [-0.05, 0) is 55.8 Å². The molecule has 4 N–H and O–H groups in total. The van der Waals surface area contributed by atoms with Crippen LogP contribution < -0.4 is 15.8 Å². The molecule has 170 valence electrons. The zero-order valence-electron chi connectivity index (χ0n) is 17.5. The minimum atomic E-state index is -1.11. The van der Waals surface area contributed by atoms with Crippen molar-refractivity contribution >= 4 is 17.6 Å². The maximum atomic E-state index is 12.6. The summed E-state index contributed by atoms with van der Waals surface area (Å²) in [6.45, 7) is 0.611. The van der Waals surface area contributed by atoms with Gasteiger partial charge in [-0.1, -0.05) is 12.1 Å². The van der Waals surface area contributed by atoms with Crippen LogP contribution in [0.2, 0.25) is 0 Å². The van der Waals surface area contributed by atoms with Gasteiger partial charge in [0.1, 0.15) is 18.0 Å². The van der Waals surface area contributed by atoms with E-state index in [9.17, 15) is 24.8 Å². The van der Waals surface area contributed by atoms with Gasteiger partial charge < -0.3 is 20.9 Å². The number of hydrogen-bond acceptors (Lipinski definition) is 7. The number of carboxylic acid groups (broad SMARTS) is 1. The third kappa shape index (κ3) is 6.24. The van der Waals surface area contributed by atoms with Crippen LogP contribution in [0.15, 0.2) is 42.6 Å². The molecule has 1 heterocycles. The van der Waals surface area contributed by atoms with Crippen LogP contribution in [0.1, 0.15) is 31.2 Å². The minimum Gasteiger partial charge on any atom is -0.480 e. The topological polar surface area (TPSA) is 158 Å². The van der Waals surface area contributed by atoms with Gasteiger partial charge in [-0.2, -0.15) is 0 Å². The Labute approximate surface area is 184 Å². The molecule has 1 fully saturated rings. The van der Waals surface area contributed by atoms with E-state index in [-0.39, 0.29) is 29.8 Å². The Balaban J connectivity index is 1.62. The minimum absolute atomic E-state index is 0.0874. The highest BCUT2D eigenvalue weighted by atomic mass is 16.6. The number of benzene rings is 1. The summed E-state index contributed by atoms with van der Waals surface area (Å²) in [6.07, 6.45) is 4.36. The monoisotopic (exact) mass is 442 g/mol. The first-order valence-electron chi connectivity index (χ1n) is 10.5. The molecular formula is C22H26N4O6. The summed E-state index contributed by atoms with van der Waals surface area (Å²) in [5.74, 6) is -0.541. The van der Waals surface area contributed by atoms with E-state index in [4.69, 9.17) is 10.5 Å². The van der Waals surface area contributed by atoms with Crippen LogP contribution in [-0.4, -0.2) is 39.5 Å². The molecule has 0 aliphatic heterocycles. The van der Waals surface area contributed by atoms with Gasteiger partial charge in [0, 0.05) is 24.5 Å². The number of aliphatic carboxylic acids is 1. The van der Waals surface area contributed by atoms with Crippen molar-refractivity contribution in [1.29, 1.82) is 0 Å². The van der Waals surface area contributed by atoms with E-state index in [1.165, 1.54) is 12.1 Å². The highest BCUT2D eigenvalue weighted by molar-refractivity contribution is 5.85. The van der Waals surface area contributed by atoms with Crippen LogP contribution in [0.5, 0.6) is 11.6 Å². The SMILES string of the molecule is NCC1CCC(C(=O)NC(Cc2cccc(Oc3ccc([N+](=O)[O-])cn3)c2)C(=O)O)CC1. The molecule has 1 aliphatic rings. The quantitative estimate of drug-likeness (QED) is 0.395. The smallest absolute Gasteiger partial charge is 0.326 e. The van der Waals surface area contributed by atoms with Crippen LogP contribution in [0, 0.1) is 22.0 Å². The van der Waals surface area contributed by atoms with Crippen molar-refractivity contribution in [3.63, 3.8) is 0 Å². The normalized spacial score (nSPS) is 19.0. The number of carbonyl (C=O) groups excluding carboxylic acids is 1. The van der Waals surface area contributed by atoms with E-state index in [1.54, 1.807) is 24.3 Å². The Morgan fingerprint density at radius 3 is 2.59 bits per heavy atom. The number of aromatic nitrogens is 1. The lowest BCUT2D eigenvalue weighted by Crippen LogP contribution is -2.45. The number of hydrogen-bond donors (Lipinski definition) is 3. The molecule has 1 atom stereocenters.